The Morgan fingerprint density at radius 3 is 2.30 bits per heavy atom. The second kappa shape index (κ2) is 8.10. The highest BCUT2D eigenvalue weighted by Crippen LogP contribution is 2.29. The smallest absolute Gasteiger partial charge is 0.274 e. The average molecular weight is 312 g/mol. The Bertz CT molecular complexity index is 671. The van der Waals surface area contributed by atoms with Gasteiger partial charge in [-0.3, -0.25) is 19.3 Å². The zero-order valence-electron chi connectivity index (χ0n) is 13.3. The molecule has 0 aliphatic heterocycles. The Hall–Kier alpha value is -2.66. The lowest BCUT2D eigenvalue weighted by molar-refractivity contribution is -0.145. The molecule has 0 fully saturated rings. The molecule has 2 aromatic carbocycles. The monoisotopic (exact) mass is 312 g/mol. The molecule has 2 aromatic rings. The number of hydrogen-bond donors (Lipinski definition) is 1. The maximum absolute atomic E-state index is 12.7. The standard InChI is InChI=1S/C18H20N2O3/c1-3-14-10-8-9-13-16(14)20(15-11-6-5-7-12-15)18(22)17(21)19-23-4-2/h5-13H,3-4H2,1-2H3,(H,19,21). The highest BCUT2D eigenvalue weighted by atomic mass is 16.6. The highest BCUT2D eigenvalue weighted by Gasteiger charge is 2.26. The fourth-order valence-electron chi connectivity index (χ4n) is 2.25. The van der Waals surface area contributed by atoms with Crippen molar-refractivity contribution in [2.45, 2.75) is 20.3 Å². The summed E-state index contributed by atoms with van der Waals surface area (Å²) >= 11 is 0. The molecule has 0 aromatic heterocycles. The van der Waals surface area contributed by atoms with E-state index in [2.05, 4.69) is 5.48 Å². The van der Waals surface area contributed by atoms with Gasteiger partial charge in [0.15, 0.2) is 0 Å². The Morgan fingerprint density at radius 2 is 1.65 bits per heavy atom. The van der Waals surface area contributed by atoms with Crippen LogP contribution in [-0.2, 0) is 20.8 Å². The number of nitrogens with zero attached hydrogens (tertiary/aromatic N) is 1. The van der Waals surface area contributed by atoms with E-state index >= 15 is 0 Å². The molecule has 0 spiro atoms. The Labute approximate surface area is 135 Å². The Balaban J connectivity index is 2.44. The molecule has 5 heteroatoms. The van der Waals surface area contributed by atoms with Crippen molar-refractivity contribution in [1.29, 1.82) is 0 Å². The predicted octanol–water partition coefficient (Wildman–Crippen LogP) is 2.98. The van der Waals surface area contributed by atoms with Crippen molar-refractivity contribution in [3.8, 4) is 0 Å². The van der Waals surface area contributed by atoms with E-state index in [9.17, 15) is 9.59 Å². The summed E-state index contributed by atoms with van der Waals surface area (Å²) in [6, 6.07) is 16.6. The maximum Gasteiger partial charge on any atom is 0.333 e. The van der Waals surface area contributed by atoms with Crippen molar-refractivity contribution < 1.29 is 14.4 Å². The second-order valence-corrected chi connectivity index (χ2v) is 4.82. The van der Waals surface area contributed by atoms with Gasteiger partial charge in [0.2, 0.25) is 0 Å². The van der Waals surface area contributed by atoms with Gasteiger partial charge in [0, 0.05) is 5.69 Å². The van der Waals surface area contributed by atoms with Crippen LogP contribution in [0.4, 0.5) is 11.4 Å². The van der Waals surface area contributed by atoms with Crippen LogP contribution >= 0.6 is 0 Å². The Kier molecular flexibility index (Phi) is 5.88. The molecular weight excluding hydrogens is 292 g/mol. The summed E-state index contributed by atoms with van der Waals surface area (Å²) in [5.74, 6) is -1.49. The molecule has 2 amide bonds. The molecule has 5 nitrogen and oxygen atoms in total. The topological polar surface area (TPSA) is 58.6 Å². The van der Waals surface area contributed by atoms with Crippen molar-refractivity contribution in [2.24, 2.45) is 0 Å². The number of hydroxylamine groups is 1. The zero-order valence-corrected chi connectivity index (χ0v) is 13.3. The van der Waals surface area contributed by atoms with Crippen molar-refractivity contribution in [3.05, 3.63) is 60.2 Å². The third kappa shape index (κ3) is 3.96. The summed E-state index contributed by atoms with van der Waals surface area (Å²) in [4.78, 5) is 31.0. The number of anilines is 2. The third-order valence-electron chi connectivity index (χ3n) is 3.33. The molecule has 1 N–H and O–H groups in total. The van der Waals surface area contributed by atoms with Crippen LogP contribution in [-0.4, -0.2) is 18.4 Å². The fraction of sp³-hybridized carbons (Fsp3) is 0.222. The van der Waals surface area contributed by atoms with Crippen LogP contribution in [0, 0.1) is 0 Å². The lowest BCUT2D eigenvalue weighted by atomic mass is 10.1. The van der Waals surface area contributed by atoms with E-state index in [1.54, 1.807) is 19.1 Å². The SMILES string of the molecule is CCONC(=O)C(=O)N(c1ccccc1)c1ccccc1CC. The average Bonchev–Trinajstić information content (AvgIpc) is 2.61. The van der Waals surface area contributed by atoms with Gasteiger partial charge in [0.05, 0.1) is 12.3 Å². The van der Waals surface area contributed by atoms with Gasteiger partial charge in [-0.25, -0.2) is 5.48 Å². The molecule has 23 heavy (non-hydrogen) atoms. The van der Waals surface area contributed by atoms with Crippen molar-refractivity contribution in [2.75, 3.05) is 11.5 Å². The van der Waals surface area contributed by atoms with Crippen LogP contribution in [0.1, 0.15) is 19.4 Å². The van der Waals surface area contributed by atoms with Crippen LogP contribution in [0.5, 0.6) is 0 Å². The highest BCUT2D eigenvalue weighted by molar-refractivity contribution is 6.41. The van der Waals surface area contributed by atoms with Gasteiger partial charge in [-0.15, -0.1) is 0 Å². The van der Waals surface area contributed by atoms with Gasteiger partial charge >= 0.3 is 11.8 Å². The van der Waals surface area contributed by atoms with Crippen molar-refractivity contribution in [1.82, 2.24) is 5.48 Å². The summed E-state index contributed by atoms with van der Waals surface area (Å²) in [6.07, 6.45) is 0.750. The van der Waals surface area contributed by atoms with Crippen LogP contribution in [0.2, 0.25) is 0 Å². The summed E-state index contributed by atoms with van der Waals surface area (Å²) in [5, 5.41) is 0. The van der Waals surface area contributed by atoms with Gasteiger partial charge < -0.3 is 0 Å². The number of benzene rings is 2. The lowest BCUT2D eigenvalue weighted by Gasteiger charge is -2.24. The van der Waals surface area contributed by atoms with Crippen LogP contribution in [0.15, 0.2) is 54.6 Å². The first-order valence-electron chi connectivity index (χ1n) is 7.58. The minimum Gasteiger partial charge on any atom is -0.274 e. The van der Waals surface area contributed by atoms with Gasteiger partial charge in [-0.05, 0) is 37.1 Å². The number of para-hydroxylation sites is 2. The minimum atomic E-state index is -0.804. The van der Waals surface area contributed by atoms with Crippen LogP contribution in [0.3, 0.4) is 0 Å². The molecular formula is C18H20N2O3. The molecule has 0 saturated carbocycles. The largest absolute Gasteiger partial charge is 0.333 e. The number of amides is 2. The van der Waals surface area contributed by atoms with E-state index < -0.39 is 11.8 Å². The van der Waals surface area contributed by atoms with E-state index in [0.717, 1.165) is 12.0 Å². The fourth-order valence-corrected chi connectivity index (χ4v) is 2.25. The van der Waals surface area contributed by atoms with E-state index in [1.807, 2.05) is 49.4 Å². The normalized spacial score (nSPS) is 10.2. The summed E-state index contributed by atoms with van der Waals surface area (Å²) in [7, 11) is 0. The van der Waals surface area contributed by atoms with Crippen molar-refractivity contribution >= 4 is 23.2 Å². The van der Waals surface area contributed by atoms with E-state index in [1.165, 1.54) is 4.90 Å². The van der Waals surface area contributed by atoms with Gasteiger partial charge in [0.25, 0.3) is 0 Å². The van der Waals surface area contributed by atoms with Gasteiger partial charge in [-0.1, -0.05) is 43.3 Å². The molecule has 0 unspecified atom stereocenters. The van der Waals surface area contributed by atoms with E-state index in [4.69, 9.17) is 4.84 Å². The van der Waals surface area contributed by atoms with E-state index in [-0.39, 0.29) is 6.61 Å². The summed E-state index contributed by atoms with van der Waals surface area (Å²) < 4.78 is 0. The predicted molar refractivity (Wildman–Crippen MR) is 89.2 cm³/mol. The first-order chi connectivity index (χ1) is 11.2. The number of rotatable bonds is 5. The summed E-state index contributed by atoms with van der Waals surface area (Å²) in [6.45, 7) is 4.02. The number of nitrogens with one attached hydrogen (secondary N) is 1. The van der Waals surface area contributed by atoms with Crippen LogP contribution < -0.4 is 10.4 Å². The van der Waals surface area contributed by atoms with Crippen LogP contribution in [0.25, 0.3) is 0 Å². The number of carbonyl (C=O) groups excluding carboxylic acids is 2. The third-order valence-corrected chi connectivity index (χ3v) is 3.33. The van der Waals surface area contributed by atoms with E-state index in [0.29, 0.717) is 11.4 Å². The molecule has 120 valence electrons. The zero-order chi connectivity index (χ0) is 16.7. The number of carbonyl (C=O) groups is 2. The molecule has 0 saturated heterocycles. The maximum atomic E-state index is 12.7. The molecule has 0 heterocycles. The second-order valence-electron chi connectivity index (χ2n) is 4.82. The minimum absolute atomic E-state index is 0.288. The van der Waals surface area contributed by atoms with Gasteiger partial charge in [0.1, 0.15) is 0 Å². The quantitative estimate of drug-likeness (QED) is 0.682. The molecule has 0 radical (unpaired) electrons. The molecule has 0 atom stereocenters. The van der Waals surface area contributed by atoms with Gasteiger partial charge in [-0.2, -0.15) is 0 Å². The first-order valence-corrected chi connectivity index (χ1v) is 7.58. The van der Waals surface area contributed by atoms with Crippen molar-refractivity contribution in [3.63, 3.8) is 0 Å². The molecule has 2 rings (SSSR count). The molecule has 0 bridgehead atoms. The lowest BCUT2D eigenvalue weighted by Crippen LogP contribution is -2.41. The molecule has 0 aliphatic carbocycles. The number of aryl methyl sites for hydroxylation is 1. The summed E-state index contributed by atoms with van der Waals surface area (Å²) in [5.41, 5.74) is 4.46. The first kappa shape index (κ1) is 16.7. The number of hydrogen-bond acceptors (Lipinski definition) is 3. The molecule has 0 aliphatic rings. The Morgan fingerprint density at radius 1 is 1.00 bits per heavy atom.